The number of likely N-dealkylation sites (tertiary alicyclic amines) is 1. The summed E-state index contributed by atoms with van der Waals surface area (Å²) < 4.78 is 1.87. The highest BCUT2D eigenvalue weighted by atomic mass is 127. The molecule has 1 fully saturated rings. The standard InChI is InChI=1S/C17H23ClN6.HI/c1-3-19-17(21-9-13-4-5-16(18)20-8-13)24-7-6-14(12-24)15-10-22-23(2)11-15;/h4-5,8,10-11,14H,3,6-7,9,12H2,1-2H3,(H,19,21);1H. The van der Waals surface area contributed by atoms with Gasteiger partial charge in [0.05, 0.1) is 12.7 Å². The fourth-order valence-electron chi connectivity index (χ4n) is 2.97. The average molecular weight is 475 g/mol. The summed E-state index contributed by atoms with van der Waals surface area (Å²) in [6.45, 7) is 5.51. The van der Waals surface area contributed by atoms with Crippen LogP contribution in [-0.2, 0) is 13.6 Å². The molecular weight excluding hydrogens is 451 g/mol. The molecule has 1 N–H and O–H groups in total. The van der Waals surface area contributed by atoms with Gasteiger partial charge in [-0.1, -0.05) is 17.7 Å². The van der Waals surface area contributed by atoms with Crippen molar-refractivity contribution in [3.05, 3.63) is 47.0 Å². The van der Waals surface area contributed by atoms with Gasteiger partial charge in [0.2, 0.25) is 0 Å². The van der Waals surface area contributed by atoms with E-state index in [-0.39, 0.29) is 24.0 Å². The Morgan fingerprint density at radius 3 is 2.88 bits per heavy atom. The molecule has 1 atom stereocenters. The van der Waals surface area contributed by atoms with Crippen molar-refractivity contribution < 1.29 is 0 Å². The van der Waals surface area contributed by atoms with Gasteiger partial charge in [-0.05, 0) is 30.5 Å². The molecule has 3 heterocycles. The normalized spacial score (nSPS) is 17.5. The summed E-state index contributed by atoms with van der Waals surface area (Å²) in [5, 5.41) is 8.18. The van der Waals surface area contributed by atoms with Crippen molar-refractivity contribution in [3.8, 4) is 0 Å². The predicted octanol–water partition coefficient (Wildman–Crippen LogP) is 3.04. The summed E-state index contributed by atoms with van der Waals surface area (Å²) in [7, 11) is 1.96. The second-order valence-electron chi connectivity index (χ2n) is 6.04. The first-order chi connectivity index (χ1) is 11.7. The topological polar surface area (TPSA) is 58.3 Å². The van der Waals surface area contributed by atoms with E-state index in [1.54, 1.807) is 12.3 Å². The van der Waals surface area contributed by atoms with Crippen molar-refractivity contribution in [3.63, 3.8) is 0 Å². The SMILES string of the molecule is CCNC(=NCc1ccc(Cl)nc1)N1CCC(c2cnn(C)c2)C1.I. The van der Waals surface area contributed by atoms with Crippen molar-refractivity contribution in [1.82, 2.24) is 25.0 Å². The number of guanidine groups is 1. The Kier molecular flexibility index (Phi) is 7.49. The molecule has 3 rings (SSSR count). The van der Waals surface area contributed by atoms with Gasteiger partial charge < -0.3 is 10.2 Å². The third-order valence-corrected chi connectivity index (χ3v) is 4.44. The summed E-state index contributed by atoms with van der Waals surface area (Å²) >= 11 is 5.83. The van der Waals surface area contributed by atoms with Gasteiger partial charge in [0.25, 0.3) is 0 Å². The van der Waals surface area contributed by atoms with Crippen LogP contribution in [-0.4, -0.2) is 45.3 Å². The lowest BCUT2D eigenvalue weighted by atomic mass is 10.0. The zero-order chi connectivity index (χ0) is 16.9. The minimum absolute atomic E-state index is 0. The van der Waals surface area contributed by atoms with Crippen LogP contribution in [0.1, 0.15) is 30.4 Å². The van der Waals surface area contributed by atoms with E-state index in [9.17, 15) is 0 Å². The molecule has 8 heteroatoms. The molecule has 1 saturated heterocycles. The van der Waals surface area contributed by atoms with E-state index in [1.807, 2.05) is 24.0 Å². The lowest BCUT2D eigenvalue weighted by Gasteiger charge is -2.21. The molecule has 136 valence electrons. The van der Waals surface area contributed by atoms with Crippen LogP contribution in [0.25, 0.3) is 0 Å². The Hall–Kier alpha value is -1.35. The molecule has 0 radical (unpaired) electrons. The zero-order valence-electron chi connectivity index (χ0n) is 14.5. The first-order valence-electron chi connectivity index (χ1n) is 8.28. The third kappa shape index (κ3) is 5.31. The second kappa shape index (κ2) is 9.38. The minimum Gasteiger partial charge on any atom is -0.357 e. The van der Waals surface area contributed by atoms with Crippen LogP contribution in [0, 0.1) is 0 Å². The van der Waals surface area contributed by atoms with Crippen LogP contribution in [0.2, 0.25) is 5.15 Å². The molecule has 1 aliphatic heterocycles. The highest BCUT2D eigenvalue weighted by molar-refractivity contribution is 14.0. The fraction of sp³-hybridized carbons (Fsp3) is 0.471. The molecule has 0 bridgehead atoms. The lowest BCUT2D eigenvalue weighted by Crippen LogP contribution is -2.40. The number of aryl methyl sites for hydroxylation is 1. The van der Waals surface area contributed by atoms with Crippen molar-refractivity contribution in [2.24, 2.45) is 12.0 Å². The lowest BCUT2D eigenvalue weighted by molar-refractivity contribution is 0.486. The van der Waals surface area contributed by atoms with E-state index < -0.39 is 0 Å². The Morgan fingerprint density at radius 1 is 1.40 bits per heavy atom. The highest BCUT2D eigenvalue weighted by Gasteiger charge is 2.26. The first kappa shape index (κ1) is 20.0. The minimum atomic E-state index is 0. The van der Waals surface area contributed by atoms with Crippen molar-refractivity contribution in [2.75, 3.05) is 19.6 Å². The quantitative estimate of drug-likeness (QED) is 0.320. The molecule has 2 aromatic heterocycles. The van der Waals surface area contributed by atoms with Gasteiger partial charge in [-0.25, -0.2) is 9.98 Å². The summed E-state index contributed by atoms with van der Waals surface area (Å²) in [5.41, 5.74) is 2.36. The maximum atomic E-state index is 5.83. The number of hydrogen-bond acceptors (Lipinski definition) is 3. The molecule has 0 saturated carbocycles. The summed E-state index contributed by atoms with van der Waals surface area (Å²) in [6.07, 6.45) is 6.98. The number of aliphatic imine (C=N–C) groups is 1. The maximum absolute atomic E-state index is 5.83. The summed E-state index contributed by atoms with van der Waals surface area (Å²) in [6, 6.07) is 3.76. The predicted molar refractivity (Wildman–Crippen MR) is 112 cm³/mol. The van der Waals surface area contributed by atoms with E-state index in [0.717, 1.165) is 37.6 Å². The number of hydrogen-bond donors (Lipinski definition) is 1. The van der Waals surface area contributed by atoms with Crippen LogP contribution in [0.4, 0.5) is 0 Å². The van der Waals surface area contributed by atoms with Gasteiger partial charge in [0, 0.05) is 45.0 Å². The highest BCUT2D eigenvalue weighted by Crippen LogP contribution is 2.26. The zero-order valence-corrected chi connectivity index (χ0v) is 17.6. The van der Waals surface area contributed by atoms with Gasteiger partial charge in [-0.3, -0.25) is 4.68 Å². The summed E-state index contributed by atoms with van der Waals surface area (Å²) in [4.78, 5) is 11.2. The van der Waals surface area contributed by atoms with Gasteiger partial charge >= 0.3 is 0 Å². The van der Waals surface area contributed by atoms with Gasteiger partial charge in [0.15, 0.2) is 5.96 Å². The van der Waals surface area contributed by atoms with Crippen LogP contribution < -0.4 is 5.32 Å². The Bertz CT molecular complexity index is 699. The number of aromatic nitrogens is 3. The number of nitrogens with zero attached hydrogens (tertiary/aromatic N) is 5. The van der Waals surface area contributed by atoms with Gasteiger partial charge in [0.1, 0.15) is 5.15 Å². The number of halogens is 2. The van der Waals surface area contributed by atoms with E-state index >= 15 is 0 Å². The largest absolute Gasteiger partial charge is 0.357 e. The first-order valence-corrected chi connectivity index (χ1v) is 8.65. The van der Waals surface area contributed by atoms with E-state index in [1.165, 1.54) is 5.56 Å². The molecule has 1 aliphatic rings. The smallest absolute Gasteiger partial charge is 0.194 e. The number of nitrogens with one attached hydrogen (secondary N) is 1. The molecular formula is C17H24ClIN6. The van der Waals surface area contributed by atoms with Crippen LogP contribution in [0.3, 0.4) is 0 Å². The van der Waals surface area contributed by atoms with E-state index in [0.29, 0.717) is 17.6 Å². The number of pyridine rings is 1. The van der Waals surface area contributed by atoms with Crippen LogP contribution >= 0.6 is 35.6 Å². The van der Waals surface area contributed by atoms with Crippen molar-refractivity contribution >= 4 is 41.5 Å². The van der Waals surface area contributed by atoms with Crippen LogP contribution in [0.15, 0.2) is 35.7 Å². The van der Waals surface area contributed by atoms with Crippen molar-refractivity contribution in [1.29, 1.82) is 0 Å². The molecule has 0 amide bonds. The Labute approximate surface area is 170 Å². The van der Waals surface area contributed by atoms with Crippen molar-refractivity contribution in [2.45, 2.75) is 25.8 Å². The number of rotatable bonds is 4. The molecule has 0 spiro atoms. The maximum Gasteiger partial charge on any atom is 0.194 e. The molecule has 0 aromatic carbocycles. The molecule has 2 aromatic rings. The van der Waals surface area contributed by atoms with Gasteiger partial charge in [-0.2, -0.15) is 5.10 Å². The third-order valence-electron chi connectivity index (χ3n) is 4.22. The Morgan fingerprint density at radius 2 is 2.24 bits per heavy atom. The molecule has 25 heavy (non-hydrogen) atoms. The molecule has 1 unspecified atom stereocenters. The summed E-state index contributed by atoms with van der Waals surface area (Å²) in [5.74, 6) is 1.47. The molecule has 0 aliphatic carbocycles. The second-order valence-corrected chi connectivity index (χ2v) is 6.43. The Balaban J connectivity index is 0.00000225. The average Bonchev–Trinajstić information content (AvgIpc) is 3.22. The molecule has 6 nitrogen and oxygen atoms in total. The fourth-order valence-corrected chi connectivity index (χ4v) is 3.08. The van der Waals surface area contributed by atoms with E-state index in [2.05, 4.69) is 33.4 Å². The van der Waals surface area contributed by atoms with E-state index in [4.69, 9.17) is 16.6 Å². The van der Waals surface area contributed by atoms with Crippen LogP contribution in [0.5, 0.6) is 0 Å². The van der Waals surface area contributed by atoms with Gasteiger partial charge in [-0.15, -0.1) is 24.0 Å². The monoisotopic (exact) mass is 474 g/mol.